The van der Waals surface area contributed by atoms with Crippen molar-refractivity contribution in [3.63, 3.8) is 0 Å². The normalized spacial score (nSPS) is 14.5. The van der Waals surface area contributed by atoms with Crippen molar-refractivity contribution in [3.05, 3.63) is 57.5 Å². The van der Waals surface area contributed by atoms with Crippen LogP contribution in [-0.2, 0) is 0 Å². The van der Waals surface area contributed by atoms with Crippen molar-refractivity contribution < 1.29 is 4.39 Å². The molecule has 2 rings (SSSR count). The lowest BCUT2D eigenvalue weighted by Gasteiger charge is -2.27. The molecule has 2 aromatic rings. The van der Waals surface area contributed by atoms with Gasteiger partial charge in [0.05, 0.1) is 0 Å². The van der Waals surface area contributed by atoms with Crippen LogP contribution in [0.2, 0.25) is 0 Å². The minimum absolute atomic E-state index is 0.182. The Balaban J connectivity index is 2.18. The number of aryl methyl sites for hydroxylation is 1. The van der Waals surface area contributed by atoms with Crippen LogP contribution in [0.1, 0.15) is 48.9 Å². The summed E-state index contributed by atoms with van der Waals surface area (Å²) in [5, 5.41) is 5.81. The third-order valence-electron chi connectivity index (χ3n) is 3.62. The Bertz CT molecular complexity index is 544. The van der Waals surface area contributed by atoms with Crippen molar-refractivity contribution in [1.82, 2.24) is 5.32 Å². The zero-order chi connectivity index (χ0) is 14.7. The van der Waals surface area contributed by atoms with Crippen molar-refractivity contribution >= 4 is 11.3 Å². The molecule has 0 saturated heterocycles. The number of hydrogen-bond donors (Lipinski definition) is 1. The number of hydrogen-bond acceptors (Lipinski definition) is 2. The van der Waals surface area contributed by atoms with Gasteiger partial charge in [-0.1, -0.05) is 26.0 Å². The fourth-order valence-electron chi connectivity index (χ4n) is 2.52. The standard InChI is InChI=1S/C17H22FNS/c1-11(2)16(14-5-7-15(18)8-6-14)19-13(4)17-12(3)9-10-20-17/h5-11,13,16,19H,1-4H3. The highest BCUT2D eigenvalue weighted by atomic mass is 32.1. The Kier molecular flexibility index (Phi) is 4.95. The first kappa shape index (κ1) is 15.2. The van der Waals surface area contributed by atoms with E-state index >= 15 is 0 Å². The zero-order valence-corrected chi connectivity index (χ0v) is 13.3. The number of thiophene rings is 1. The first-order valence-electron chi connectivity index (χ1n) is 7.04. The topological polar surface area (TPSA) is 12.0 Å². The Hall–Kier alpha value is -1.19. The molecular formula is C17H22FNS. The van der Waals surface area contributed by atoms with E-state index in [2.05, 4.69) is 44.5 Å². The first-order valence-corrected chi connectivity index (χ1v) is 7.92. The molecule has 0 aliphatic carbocycles. The highest BCUT2D eigenvalue weighted by Crippen LogP contribution is 2.29. The second-order valence-electron chi connectivity index (χ2n) is 5.63. The molecule has 3 heteroatoms. The molecule has 0 amide bonds. The van der Waals surface area contributed by atoms with Gasteiger partial charge in [-0.05, 0) is 54.5 Å². The van der Waals surface area contributed by atoms with E-state index in [0.717, 1.165) is 5.56 Å². The van der Waals surface area contributed by atoms with Gasteiger partial charge >= 0.3 is 0 Å². The molecule has 0 radical (unpaired) electrons. The minimum Gasteiger partial charge on any atom is -0.302 e. The van der Waals surface area contributed by atoms with E-state index in [-0.39, 0.29) is 11.9 Å². The Labute approximate surface area is 124 Å². The summed E-state index contributed by atoms with van der Waals surface area (Å²) < 4.78 is 13.1. The lowest BCUT2D eigenvalue weighted by atomic mass is 9.95. The van der Waals surface area contributed by atoms with Gasteiger partial charge in [0.1, 0.15) is 5.82 Å². The van der Waals surface area contributed by atoms with Crippen LogP contribution in [0.4, 0.5) is 4.39 Å². The Morgan fingerprint density at radius 1 is 1.05 bits per heavy atom. The molecule has 0 aliphatic rings. The van der Waals surface area contributed by atoms with Gasteiger partial charge in [0.15, 0.2) is 0 Å². The quantitative estimate of drug-likeness (QED) is 0.794. The van der Waals surface area contributed by atoms with Crippen molar-refractivity contribution in [2.45, 2.75) is 39.8 Å². The third kappa shape index (κ3) is 3.47. The molecule has 1 nitrogen and oxygen atoms in total. The van der Waals surface area contributed by atoms with E-state index in [1.165, 1.54) is 22.6 Å². The van der Waals surface area contributed by atoms with Crippen molar-refractivity contribution in [1.29, 1.82) is 0 Å². The first-order chi connectivity index (χ1) is 9.49. The summed E-state index contributed by atoms with van der Waals surface area (Å²) >= 11 is 1.79. The predicted octanol–water partition coefficient (Wildman–Crippen LogP) is 5.24. The summed E-state index contributed by atoms with van der Waals surface area (Å²) in [4.78, 5) is 1.37. The van der Waals surface area contributed by atoms with Crippen LogP contribution in [0, 0.1) is 18.7 Å². The third-order valence-corrected chi connectivity index (χ3v) is 4.82. The molecule has 0 saturated carbocycles. The molecule has 0 aliphatic heterocycles. The van der Waals surface area contributed by atoms with E-state index in [9.17, 15) is 4.39 Å². The van der Waals surface area contributed by atoms with Gasteiger partial charge in [0.25, 0.3) is 0 Å². The van der Waals surface area contributed by atoms with Crippen LogP contribution in [0.15, 0.2) is 35.7 Å². The maximum atomic E-state index is 13.1. The summed E-state index contributed by atoms with van der Waals surface area (Å²) in [6.07, 6.45) is 0. The molecule has 108 valence electrons. The highest BCUT2D eigenvalue weighted by molar-refractivity contribution is 7.10. The van der Waals surface area contributed by atoms with Crippen molar-refractivity contribution in [2.24, 2.45) is 5.92 Å². The summed E-state index contributed by atoms with van der Waals surface area (Å²) in [7, 11) is 0. The van der Waals surface area contributed by atoms with E-state index < -0.39 is 0 Å². The predicted molar refractivity (Wildman–Crippen MR) is 84.6 cm³/mol. The van der Waals surface area contributed by atoms with Gasteiger partial charge in [-0.25, -0.2) is 4.39 Å². The molecule has 2 atom stereocenters. The van der Waals surface area contributed by atoms with Gasteiger partial charge < -0.3 is 5.32 Å². The van der Waals surface area contributed by atoms with Crippen molar-refractivity contribution in [3.8, 4) is 0 Å². The Morgan fingerprint density at radius 3 is 2.20 bits per heavy atom. The number of benzene rings is 1. The second kappa shape index (κ2) is 6.51. The fourth-order valence-corrected chi connectivity index (χ4v) is 3.46. The maximum absolute atomic E-state index is 13.1. The maximum Gasteiger partial charge on any atom is 0.123 e. The monoisotopic (exact) mass is 291 g/mol. The number of rotatable bonds is 5. The van der Waals surface area contributed by atoms with E-state index in [1.54, 1.807) is 11.3 Å². The molecular weight excluding hydrogens is 269 g/mol. The molecule has 1 heterocycles. The smallest absolute Gasteiger partial charge is 0.123 e. The second-order valence-corrected chi connectivity index (χ2v) is 6.58. The molecule has 1 aromatic heterocycles. The molecule has 0 bridgehead atoms. The van der Waals surface area contributed by atoms with Gasteiger partial charge in [-0.3, -0.25) is 0 Å². The van der Waals surface area contributed by atoms with Crippen molar-refractivity contribution in [2.75, 3.05) is 0 Å². The van der Waals surface area contributed by atoms with Gasteiger partial charge in [-0.2, -0.15) is 0 Å². The summed E-state index contributed by atoms with van der Waals surface area (Å²) in [5.74, 6) is 0.265. The Morgan fingerprint density at radius 2 is 1.70 bits per heavy atom. The van der Waals surface area contributed by atoms with Gasteiger partial charge in [-0.15, -0.1) is 11.3 Å². The van der Waals surface area contributed by atoms with E-state index in [0.29, 0.717) is 12.0 Å². The molecule has 1 N–H and O–H groups in total. The number of halogens is 1. The lowest BCUT2D eigenvalue weighted by molar-refractivity contribution is 0.376. The fraction of sp³-hybridized carbons (Fsp3) is 0.412. The van der Waals surface area contributed by atoms with E-state index in [4.69, 9.17) is 0 Å². The van der Waals surface area contributed by atoms with Crippen LogP contribution < -0.4 is 5.32 Å². The summed E-state index contributed by atoms with van der Waals surface area (Å²) in [6, 6.07) is 9.50. The highest BCUT2D eigenvalue weighted by Gasteiger charge is 2.20. The molecule has 1 aromatic carbocycles. The zero-order valence-electron chi connectivity index (χ0n) is 12.5. The average Bonchev–Trinajstić information content (AvgIpc) is 2.83. The van der Waals surface area contributed by atoms with Crippen LogP contribution in [-0.4, -0.2) is 0 Å². The van der Waals surface area contributed by atoms with Crippen LogP contribution in [0.3, 0.4) is 0 Å². The SMILES string of the molecule is Cc1ccsc1C(C)NC(c1ccc(F)cc1)C(C)C. The largest absolute Gasteiger partial charge is 0.302 e. The minimum atomic E-state index is -0.182. The summed E-state index contributed by atoms with van der Waals surface area (Å²) in [6.45, 7) is 8.72. The average molecular weight is 291 g/mol. The molecule has 2 unspecified atom stereocenters. The van der Waals surface area contributed by atoms with Crippen LogP contribution in [0.5, 0.6) is 0 Å². The molecule has 0 spiro atoms. The molecule has 20 heavy (non-hydrogen) atoms. The van der Waals surface area contributed by atoms with E-state index in [1.807, 2.05) is 12.1 Å². The lowest BCUT2D eigenvalue weighted by Crippen LogP contribution is -2.28. The van der Waals surface area contributed by atoms with Crippen LogP contribution >= 0.6 is 11.3 Å². The van der Waals surface area contributed by atoms with Crippen LogP contribution in [0.25, 0.3) is 0 Å². The number of nitrogens with one attached hydrogen (secondary N) is 1. The van der Waals surface area contributed by atoms with Gasteiger partial charge in [0, 0.05) is 17.0 Å². The van der Waals surface area contributed by atoms with Gasteiger partial charge in [0.2, 0.25) is 0 Å². The molecule has 0 fully saturated rings. The summed E-state index contributed by atoms with van der Waals surface area (Å²) in [5.41, 5.74) is 2.47.